The first-order chi connectivity index (χ1) is 15.5. The van der Waals surface area contributed by atoms with Crippen molar-refractivity contribution in [2.75, 3.05) is 20.2 Å². The molecule has 1 N–H and O–H groups in total. The van der Waals surface area contributed by atoms with Crippen LogP contribution in [0, 0.1) is 10.1 Å². The second kappa shape index (κ2) is 11.0. The maximum atomic E-state index is 12.6. The van der Waals surface area contributed by atoms with Crippen LogP contribution in [-0.4, -0.2) is 50.4 Å². The number of hydrogen-bond donors (Lipinski definition) is 1. The smallest absolute Gasteiger partial charge is 0.387 e. The number of nitro groups is 1. The Morgan fingerprint density at radius 2 is 1.76 bits per heavy atom. The Bertz CT molecular complexity index is 1110. The molecule has 10 nitrogen and oxygen atoms in total. The molecule has 0 radical (unpaired) electrons. The molecule has 2 aromatic rings. The van der Waals surface area contributed by atoms with Crippen LogP contribution in [0.1, 0.15) is 29.8 Å². The standard InChI is InChI=1S/C20H23F2N3O7S/c1-4-24(5-2)33(29,30)14-8-6-13(7-9-14)12-23-19(26)15-10-17(31-3)18(32-20(21)22)11-16(15)25(27)28/h6-11,20H,4-5,12H2,1-3H3,(H,23,26). The number of rotatable bonds is 11. The van der Waals surface area contributed by atoms with Crippen LogP contribution in [0.25, 0.3) is 0 Å². The topological polar surface area (TPSA) is 128 Å². The molecule has 0 aromatic heterocycles. The highest BCUT2D eigenvalue weighted by atomic mass is 32.2. The number of halogens is 2. The first-order valence-corrected chi connectivity index (χ1v) is 11.2. The molecule has 0 heterocycles. The lowest BCUT2D eigenvalue weighted by atomic mass is 10.1. The third kappa shape index (κ3) is 6.14. The van der Waals surface area contributed by atoms with Crippen LogP contribution in [0.5, 0.6) is 11.5 Å². The Morgan fingerprint density at radius 3 is 2.24 bits per heavy atom. The Kier molecular flexibility index (Phi) is 8.65. The highest BCUT2D eigenvalue weighted by molar-refractivity contribution is 7.89. The van der Waals surface area contributed by atoms with Crippen molar-refractivity contribution in [2.24, 2.45) is 0 Å². The monoisotopic (exact) mass is 487 g/mol. The summed E-state index contributed by atoms with van der Waals surface area (Å²) in [6, 6.07) is 7.43. The molecule has 1 amide bonds. The highest BCUT2D eigenvalue weighted by Gasteiger charge is 2.26. The number of carbonyl (C=O) groups is 1. The molecule has 0 fully saturated rings. The lowest BCUT2D eigenvalue weighted by molar-refractivity contribution is -0.385. The third-order valence-electron chi connectivity index (χ3n) is 4.66. The number of nitro benzene ring substituents is 1. The predicted molar refractivity (Wildman–Crippen MR) is 114 cm³/mol. The van der Waals surface area contributed by atoms with Crippen LogP contribution in [0.15, 0.2) is 41.3 Å². The van der Waals surface area contributed by atoms with E-state index < -0.39 is 44.5 Å². The van der Waals surface area contributed by atoms with Crippen LogP contribution < -0.4 is 14.8 Å². The number of nitrogens with zero attached hydrogens (tertiary/aromatic N) is 2. The van der Waals surface area contributed by atoms with E-state index in [1.165, 1.54) is 28.6 Å². The fraction of sp³-hybridized carbons (Fsp3) is 0.350. The van der Waals surface area contributed by atoms with Gasteiger partial charge >= 0.3 is 6.61 Å². The van der Waals surface area contributed by atoms with E-state index in [2.05, 4.69) is 10.1 Å². The molecule has 13 heteroatoms. The van der Waals surface area contributed by atoms with E-state index in [0.29, 0.717) is 24.7 Å². The second-order valence-corrected chi connectivity index (χ2v) is 8.51. The van der Waals surface area contributed by atoms with Crippen molar-refractivity contribution < 1.29 is 36.4 Å². The van der Waals surface area contributed by atoms with Crippen molar-refractivity contribution in [1.29, 1.82) is 0 Å². The van der Waals surface area contributed by atoms with Crippen molar-refractivity contribution in [3.05, 3.63) is 57.6 Å². The zero-order valence-corrected chi connectivity index (χ0v) is 18.9. The summed E-state index contributed by atoms with van der Waals surface area (Å²) in [4.78, 5) is 23.1. The maximum absolute atomic E-state index is 12.6. The van der Waals surface area contributed by atoms with Gasteiger partial charge in [0, 0.05) is 25.7 Å². The minimum atomic E-state index is -3.64. The number of methoxy groups -OCH3 is 1. The summed E-state index contributed by atoms with van der Waals surface area (Å²) in [6.07, 6.45) is 0. The summed E-state index contributed by atoms with van der Waals surface area (Å²) in [5.41, 5.74) is -0.627. The van der Waals surface area contributed by atoms with Crippen molar-refractivity contribution in [3.8, 4) is 11.5 Å². The average molecular weight is 487 g/mol. The van der Waals surface area contributed by atoms with Crippen LogP contribution in [-0.2, 0) is 16.6 Å². The van der Waals surface area contributed by atoms with Crippen LogP contribution in [0.4, 0.5) is 14.5 Å². The number of nitrogens with one attached hydrogen (secondary N) is 1. The minimum Gasteiger partial charge on any atom is -0.493 e. The van der Waals surface area contributed by atoms with Crippen LogP contribution >= 0.6 is 0 Å². The molecule has 33 heavy (non-hydrogen) atoms. The zero-order valence-electron chi connectivity index (χ0n) is 18.1. The Balaban J connectivity index is 2.23. The predicted octanol–water partition coefficient (Wildman–Crippen LogP) is 3.17. The van der Waals surface area contributed by atoms with Crippen molar-refractivity contribution in [1.82, 2.24) is 9.62 Å². The van der Waals surface area contributed by atoms with E-state index in [-0.39, 0.29) is 17.2 Å². The fourth-order valence-electron chi connectivity index (χ4n) is 3.00. The summed E-state index contributed by atoms with van der Waals surface area (Å²) in [5.74, 6) is -1.72. The summed E-state index contributed by atoms with van der Waals surface area (Å²) in [7, 11) is -2.50. The average Bonchev–Trinajstić information content (AvgIpc) is 2.77. The molecule has 0 saturated carbocycles. The molecule has 0 unspecified atom stereocenters. The number of ether oxygens (including phenoxy) is 2. The van der Waals surface area contributed by atoms with Gasteiger partial charge in [-0.25, -0.2) is 8.42 Å². The lowest BCUT2D eigenvalue weighted by Gasteiger charge is -2.18. The van der Waals surface area contributed by atoms with Gasteiger partial charge in [0.05, 0.1) is 23.0 Å². The number of benzene rings is 2. The highest BCUT2D eigenvalue weighted by Crippen LogP contribution is 2.35. The molecule has 0 aliphatic carbocycles. The Hall–Kier alpha value is -3.32. The molecule has 0 aliphatic rings. The Morgan fingerprint density at radius 1 is 1.15 bits per heavy atom. The van der Waals surface area contributed by atoms with E-state index in [0.717, 1.165) is 13.2 Å². The maximum Gasteiger partial charge on any atom is 0.387 e. The lowest BCUT2D eigenvalue weighted by Crippen LogP contribution is -2.30. The molecule has 180 valence electrons. The minimum absolute atomic E-state index is 0.0703. The van der Waals surface area contributed by atoms with Crippen LogP contribution in [0.2, 0.25) is 0 Å². The number of hydrogen-bond acceptors (Lipinski definition) is 7. The molecule has 2 rings (SSSR count). The van der Waals surface area contributed by atoms with Crippen molar-refractivity contribution in [2.45, 2.75) is 31.9 Å². The van der Waals surface area contributed by atoms with Gasteiger partial charge in [0.15, 0.2) is 11.5 Å². The van der Waals surface area contributed by atoms with Gasteiger partial charge < -0.3 is 14.8 Å². The largest absolute Gasteiger partial charge is 0.493 e. The van der Waals surface area contributed by atoms with Gasteiger partial charge in [0.2, 0.25) is 10.0 Å². The van der Waals surface area contributed by atoms with E-state index in [9.17, 15) is 32.1 Å². The SMILES string of the molecule is CCN(CC)S(=O)(=O)c1ccc(CNC(=O)c2cc(OC)c(OC(F)F)cc2[N+](=O)[O-])cc1. The summed E-state index contributed by atoms with van der Waals surface area (Å²) in [6.45, 7) is 0.780. The molecule has 2 aromatic carbocycles. The first kappa shape index (κ1) is 25.9. The summed E-state index contributed by atoms with van der Waals surface area (Å²) >= 11 is 0. The van der Waals surface area contributed by atoms with Crippen molar-refractivity contribution in [3.63, 3.8) is 0 Å². The quantitative estimate of drug-likeness (QED) is 0.381. The third-order valence-corrected chi connectivity index (χ3v) is 6.72. The van der Waals surface area contributed by atoms with Gasteiger partial charge in [-0.15, -0.1) is 0 Å². The van der Waals surface area contributed by atoms with Gasteiger partial charge in [0.25, 0.3) is 11.6 Å². The first-order valence-electron chi connectivity index (χ1n) is 9.73. The molecular formula is C20H23F2N3O7S. The molecule has 0 atom stereocenters. The molecule has 0 saturated heterocycles. The van der Waals surface area contributed by atoms with E-state index in [4.69, 9.17) is 4.74 Å². The van der Waals surface area contributed by atoms with Gasteiger partial charge in [-0.05, 0) is 17.7 Å². The summed E-state index contributed by atoms with van der Waals surface area (Å²) < 4.78 is 60.6. The number of carbonyl (C=O) groups excluding carboxylic acids is 1. The summed E-state index contributed by atoms with van der Waals surface area (Å²) in [5, 5.41) is 13.8. The molecule has 0 spiro atoms. The van der Waals surface area contributed by atoms with Gasteiger partial charge in [-0.2, -0.15) is 13.1 Å². The number of amides is 1. The van der Waals surface area contributed by atoms with Gasteiger partial charge in [-0.3, -0.25) is 14.9 Å². The number of alkyl halides is 2. The Labute approximate surface area is 189 Å². The van der Waals surface area contributed by atoms with Crippen LogP contribution in [0.3, 0.4) is 0 Å². The molecule has 0 bridgehead atoms. The second-order valence-electron chi connectivity index (χ2n) is 6.57. The van der Waals surface area contributed by atoms with Gasteiger partial charge in [-0.1, -0.05) is 26.0 Å². The van der Waals surface area contributed by atoms with E-state index in [1.807, 2.05) is 0 Å². The normalized spacial score (nSPS) is 11.5. The van der Waals surface area contributed by atoms with Crippen molar-refractivity contribution >= 4 is 21.6 Å². The zero-order chi connectivity index (χ0) is 24.8. The molecular weight excluding hydrogens is 464 g/mol. The number of sulfonamides is 1. The van der Waals surface area contributed by atoms with Gasteiger partial charge in [0.1, 0.15) is 5.56 Å². The fourth-order valence-corrected chi connectivity index (χ4v) is 4.46. The van der Waals surface area contributed by atoms with E-state index >= 15 is 0 Å². The molecule has 0 aliphatic heterocycles. The van der Waals surface area contributed by atoms with E-state index in [1.54, 1.807) is 13.8 Å².